The summed E-state index contributed by atoms with van der Waals surface area (Å²) in [5, 5.41) is 13.3. The van der Waals surface area contributed by atoms with E-state index in [2.05, 4.69) is 39.9 Å². The minimum atomic E-state index is -0.757. The highest BCUT2D eigenvalue weighted by molar-refractivity contribution is 6.30. The zero-order valence-electron chi connectivity index (χ0n) is 31.7. The molecule has 12 atom stereocenters. The first-order valence-corrected chi connectivity index (χ1v) is 20.6. The third-order valence-electron chi connectivity index (χ3n) is 16.5. The fourth-order valence-corrected chi connectivity index (χ4v) is 13.9. The van der Waals surface area contributed by atoms with Gasteiger partial charge in [0, 0.05) is 41.3 Å². The molecule has 7 rings (SSSR count). The highest BCUT2D eigenvalue weighted by Gasteiger charge is 2.64. The van der Waals surface area contributed by atoms with Crippen LogP contribution in [0.5, 0.6) is 0 Å². The summed E-state index contributed by atoms with van der Waals surface area (Å²) in [6.45, 7) is 14.5. The lowest BCUT2D eigenvalue weighted by Gasteiger charge is -2.67. The first-order valence-electron chi connectivity index (χ1n) is 20.2. The van der Waals surface area contributed by atoms with Crippen molar-refractivity contribution in [2.75, 3.05) is 6.54 Å². The van der Waals surface area contributed by atoms with Gasteiger partial charge in [0.05, 0.1) is 5.92 Å². The normalized spacial score (nSPS) is 41.6. The Morgan fingerprint density at radius 1 is 0.902 bits per heavy atom. The summed E-state index contributed by atoms with van der Waals surface area (Å²) in [5.41, 5.74) is 3.49. The smallest absolute Gasteiger partial charge is 0.306 e. The van der Waals surface area contributed by atoms with Gasteiger partial charge in [-0.05, 0) is 152 Å². The maximum atomic E-state index is 13.9. The highest BCUT2D eigenvalue weighted by Crippen LogP contribution is 2.72. The number of benzene rings is 1. The van der Waals surface area contributed by atoms with Gasteiger partial charge in [0.1, 0.15) is 5.78 Å². The molecule has 6 aliphatic carbocycles. The molecule has 5 fully saturated rings. The molecule has 1 aromatic carbocycles. The van der Waals surface area contributed by atoms with Crippen LogP contribution in [0.1, 0.15) is 129 Å². The van der Waals surface area contributed by atoms with Gasteiger partial charge in [-0.25, -0.2) is 0 Å². The number of Topliss-reactive ketones (excluding diaryl/α,β-unsaturated/α-hetero) is 2. The van der Waals surface area contributed by atoms with Gasteiger partial charge < -0.3 is 10.4 Å². The van der Waals surface area contributed by atoms with Crippen LogP contribution in [0.3, 0.4) is 0 Å². The molecule has 51 heavy (non-hydrogen) atoms. The molecule has 0 bridgehead atoms. The molecular formula is C44H60ClNO5. The lowest BCUT2D eigenvalue weighted by atomic mass is 9.37. The number of carbonyl (C=O) groups is 4. The van der Waals surface area contributed by atoms with Crippen LogP contribution in [0, 0.1) is 75.4 Å². The quantitative estimate of drug-likeness (QED) is 0.265. The third kappa shape index (κ3) is 5.96. The number of ketones is 2. The van der Waals surface area contributed by atoms with E-state index < -0.39 is 5.97 Å². The van der Waals surface area contributed by atoms with Crippen molar-refractivity contribution in [3.63, 3.8) is 0 Å². The van der Waals surface area contributed by atoms with Gasteiger partial charge in [0.25, 0.3) is 5.91 Å². The summed E-state index contributed by atoms with van der Waals surface area (Å²) >= 11 is 6.05. The van der Waals surface area contributed by atoms with Crippen LogP contribution in [0.15, 0.2) is 35.4 Å². The van der Waals surface area contributed by atoms with E-state index in [0.29, 0.717) is 83.5 Å². The number of allylic oxidation sites excluding steroid dienone is 2. The Kier molecular flexibility index (Phi) is 9.71. The molecule has 0 spiro atoms. The van der Waals surface area contributed by atoms with Crippen molar-refractivity contribution in [2.45, 2.75) is 119 Å². The van der Waals surface area contributed by atoms with Crippen LogP contribution < -0.4 is 5.32 Å². The molecule has 5 saturated carbocycles. The zero-order valence-corrected chi connectivity index (χ0v) is 32.5. The van der Waals surface area contributed by atoms with Crippen LogP contribution in [0.4, 0.5) is 0 Å². The van der Waals surface area contributed by atoms with Crippen molar-refractivity contribution in [2.24, 2.45) is 75.4 Å². The summed E-state index contributed by atoms with van der Waals surface area (Å²) in [6.07, 6.45) is 11.7. The Labute approximate surface area is 310 Å². The number of carboxylic acids is 1. The summed E-state index contributed by atoms with van der Waals surface area (Å²) < 4.78 is 0. The minimum absolute atomic E-state index is 0.0476. The third-order valence-corrected chi connectivity index (χ3v) is 16.7. The first-order chi connectivity index (χ1) is 24.1. The second-order valence-corrected chi connectivity index (χ2v) is 19.3. The standard InChI is InChI=1S/C44H60ClNO5/c1-24(2)38-36(48)23-44(19-20-46-40(49)27-7-9-29(45)10-8-27)18-15-34-30(39(38)44)11-12-37-42(5)16-13-28(25(3)33(42)14-17-43(34,37)6)21-35(47)31-22-32(26(31)4)41(50)51/h7-10,24-26,28,30-34,37H,11-23H2,1-6H3,(H,46,49)(H,50,51). The predicted molar refractivity (Wildman–Crippen MR) is 200 cm³/mol. The monoisotopic (exact) mass is 717 g/mol. The van der Waals surface area contributed by atoms with Gasteiger partial charge in [-0.2, -0.15) is 0 Å². The van der Waals surface area contributed by atoms with E-state index in [4.69, 9.17) is 11.6 Å². The fraction of sp³-hybridized carbons (Fsp3) is 0.727. The number of aliphatic carboxylic acids is 1. The van der Waals surface area contributed by atoms with Crippen molar-refractivity contribution in [1.29, 1.82) is 0 Å². The summed E-state index contributed by atoms with van der Waals surface area (Å²) in [6, 6.07) is 7.01. The molecule has 0 saturated heterocycles. The maximum Gasteiger partial charge on any atom is 0.306 e. The lowest BCUT2D eigenvalue weighted by Crippen LogP contribution is -2.60. The molecule has 0 heterocycles. The van der Waals surface area contributed by atoms with Gasteiger partial charge in [-0.1, -0.05) is 58.7 Å². The average Bonchev–Trinajstić information content (AvgIpc) is 3.37. The molecule has 0 radical (unpaired) electrons. The predicted octanol–water partition coefficient (Wildman–Crippen LogP) is 9.59. The topological polar surface area (TPSA) is 101 Å². The fourth-order valence-electron chi connectivity index (χ4n) is 13.8. The Hall–Kier alpha value is -2.47. The van der Waals surface area contributed by atoms with E-state index in [-0.39, 0.29) is 45.8 Å². The second-order valence-electron chi connectivity index (χ2n) is 18.9. The average molecular weight is 718 g/mol. The van der Waals surface area contributed by atoms with Gasteiger partial charge in [0.2, 0.25) is 0 Å². The Morgan fingerprint density at radius 3 is 2.24 bits per heavy atom. The number of fused-ring (bicyclic) bond motifs is 7. The molecule has 12 unspecified atom stereocenters. The van der Waals surface area contributed by atoms with Gasteiger partial charge in [0.15, 0.2) is 5.78 Å². The van der Waals surface area contributed by atoms with Crippen LogP contribution >= 0.6 is 11.6 Å². The molecular weight excluding hydrogens is 658 g/mol. The van der Waals surface area contributed by atoms with Crippen molar-refractivity contribution >= 4 is 35.0 Å². The van der Waals surface area contributed by atoms with Gasteiger partial charge >= 0.3 is 5.97 Å². The van der Waals surface area contributed by atoms with E-state index in [1.165, 1.54) is 31.3 Å². The van der Waals surface area contributed by atoms with Crippen LogP contribution in [-0.4, -0.2) is 35.1 Å². The van der Waals surface area contributed by atoms with Crippen molar-refractivity contribution < 1.29 is 24.3 Å². The molecule has 278 valence electrons. The molecule has 0 aromatic heterocycles. The molecule has 6 nitrogen and oxygen atoms in total. The van der Waals surface area contributed by atoms with Gasteiger partial charge in [-0.15, -0.1) is 0 Å². The minimum Gasteiger partial charge on any atom is -0.481 e. The van der Waals surface area contributed by atoms with E-state index in [1.54, 1.807) is 24.3 Å². The number of nitrogens with one attached hydrogen (secondary N) is 1. The SMILES string of the molecule is CC(C)C1=C2C3CCC4C(C)(CCC5C(C)C(CC(=O)C6CC(C(=O)O)C6C)CCC54C)C3CCC2(CCNC(=O)c2ccc(Cl)cc2)CC1=O. The number of carboxylic acid groups (broad SMARTS) is 1. The molecule has 1 aromatic rings. The maximum absolute atomic E-state index is 13.9. The molecule has 7 heteroatoms. The summed E-state index contributed by atoms with van der Waals surface area (Å²) in [5.74, 6) is 2.63. The first kappa shape index (κ1) is 36.9. The molecule has 0 aliphatic heterocycles. The number of hydrogen-bond donors (Lipinski definition) is 2. The number of halogens is 1. The Morgan fingerprint density at radius 2 is 1.57 bits per heavy atom. The van der Waals surface area contributed by atoms with Crippen LogP contribution in [0.25, 0.3) is 0 Å². The second kappa shape index (κ2) is 13.4. The number of hydrogen-bond acceptors (Lipinski definition) is 4. The van der Waals surface area contributed by atoms with E-state index in [0.717, 1.165) is 37.7 Å². The van der Waals surface area contributed by atoms with Crippen molar-refractivity contribution in [1.82, 2.24) is 5.32 Å². The molecule has 1 amide bonds. The van der Waals surface area contributed by atoms with Crippen molar-refractivity contribution in [3.8, 4) is 0 Å². The van der Waals surface area contributed by atoms with Crippen LogP contribution in [0.2, 0.25) is 5.02 Å². The van der Waals surface area contributed by atoms with E-state index in [9.17, 15) is 24.3 Å². The van der Waals surface area contributed by atoms with E-state index >= 15 is 0 Å². The Bertz CT molecular complexity index is 1610. The summed E-state index contributed by atoms with van der Waals surface area (Å²) in [4.78, 5) is 51.9. The zero-order chi connectivity index (χ0) is 36.6. The molecule has 6 aliphatic rings. The van der Waals surface area contributed by atoms with E-state index in [1.807, 2.05) is 6.92 Å². The molecule has 2 N–H and O–H groups in total. The van der Waals surface area contributed by atoms with Gasteiger partial charge in [-0.3, -0.25) is 19.2 Å². The number of amides is 1. The largest absolute Gasteiger partial charge is 0.481 e. The van der Waals surface area contributed by atoms with Crippen molar-refractivity contribution in [3.05, 3.63) is 46.0 Å². The number of carbonyl (C=O) groups excluding carboxylic acids is 3. The highest BCUT2D eigenvalue weighted by atomic mass is 35.5. The van der Waals surface area contributed by atoms with Crippen LogP contribution in [-0.2, 0) is 14.4 Å². The Balaban J connectivity index is 1.07. The lowest BCUT2D eigenvalue weighted by molar-refractivity contribution is -0.172. The number of rotatable bonds is 9. The summed E-state index contributed by atoms with van der Waals surface area (Å²) in [7, 11) is 0.